The fourth-order valence-corrected chi connectivity index (χ4v) is 2.33. The molecule has 3 heteroatoms. The lowest BCUT2D eigenvalue weighted by Crippen LogP contribution is -2.52. The van der Waals surface area contributed by atoms with Gasteiger partial charge in [0, 0.05) is 25.2 Å². The monoisotopic (exact) mass is 214 g/mol. The number of ether oxygens (including phenoxy) is 1. The first-order valence-corrected chi connectivity index (χ1v) is 5.97. The molecular formula is C12H26N2O. The molecule has 2 atom stereocenters. The van der Waals surface area contributed by atoms with Crippen LogP contribution in [0.4, 0.5) is 0 Å². The van der Waals surface area contributed by atoms with Gasteiger partial charge in [-0.25, -0.2) is 0 Å². The first kappa shape index (κ1) is 12.9. The van der Waals surface area contributed by atoms with Crippen LogP contribution in [0.3, 0.4) is 0 Å². The molecule has 0 aromatic carbocycles. The minimum absolute atomic E-state index is 0.349. The molecule has 1 aliphatic heterocycles. The molecule has 0 radical (unpaired) electrons. The summed E-state index contributed by atoms with van der Waals surface area (Å²) >= 11 is 0. The Hall–Kier alpha value is -0.120. The molecule has 0 aliphatic carbocycles. The van der Waals surface area contributed by atoms with Crippen LogP contribution in [0.5, 0.6) is 0 Å². The molecule has 0 aromatic rings. The van der Waals surface area contributed by atoms with Gasteiger partial charge in [0.1, 0.15) is 0 Å². The van der Waals surface area contributed by atoms with Gasteiger partial charge in [-0.1, -0.05) is 20.8 Å². The minimum atomic E-state index is 0.349. The Morgan fingerprint density at radius 3 is 2.60 bits per heavy atom. The molecular weight excluding hydrogens is 188 g/mol. The molecule has 15 heavy (non-hydrogen) atoms. The van der Waals surface area contributed by atoms with E-state index in [0.717, 1.165) is 32.7 Å². The quantitative estimate of drug-likeness (QED) is 0.773. The smallest absolute Gasteiger partial charge is 0.0619 e. The van der Waals surface area contributed by atoms with Gasteiger partial charge in [0.25, 0.3) is 0 Å². The highest BCUT2D eigenvalue weighted by molar-refractivity contribution is 4.83. The molecule has 2 unspecified atom stereocenters. The molecule has 0 aromatic heterocycles. The van der Waals surface area contributed by atoms with Gasteiger partial charge in [0.15, 0.2) is 0 Å². The van der Waals surface area contributed by atoms with Gasteiger partial charge in [-0.2, -0.15) is 0 Å². The average molecular weight is 214 g/mol. The average Bonchev–Trinajstić information content (AvgIpc) is 2.14. The molecule has 0 bridgehead atoms. The third kappa shape index (κ3) is 4.09. The number of nitrogens with two attached hydrogens (primary N) is 1. The zero-order chi connectivity index (χ0) is 11.5. The molecule has 0 spiro atoms. The van der Waals surface area contributed by atoms with E-state index in [9.17, 15) is 0 Å². The Bertz CT molecular complexity index is 189. The van der Waals surface area contributed by atoms with Crippen molar-refractivity contribution in [3.63, 3.8) is 0 Å². The SMILES string of the molecule is CC1COCCN1C(CN)CC(C)(C)C. The van der Waals surface area contributed by atoms with Crippen molar-refractivity contribution in [3.05, 3.63) is 0 Å². The number of nitrogens with zero attached hydrogens (tertiary/aromatic N) is 1. The van der Waals surface area contributed by atoms with Gasteiger partial charge in [0.05, 0.1) is 13.2 Å². The third-order valence-corrected chi connectivity index (χ3v) is 3.01. The summed E-state index contributed by atoms with van der Waals surface area (Å²) in [6, 6.07) is 1.01. The Morgan fingerprint density at radius 1 is 1.47 bits per heavy atom. The lowest BCUT2D eigenvalue weighted by Gasteiger charge is -2.41. The summed E-state index contributed by atoms with van der Waals surface area (Å²) in [5.74, 6) is 0. The molecule has 1 rings (SSSR count). The van der Waals surface area contributed by atoms with E-state index < -0.39 is 0 Å². The van der Waals surface area contributed by atoms with E-state index in [1.165, 1.54) is 0 Å². The number of hydrogen-bond acceptors (Lipinski definition) is 3. The van der Waals surface area contributed by atoms with Gasteiger partial charge in [-0.3, -0.25) is 4.90 Å². The van der Waals surface area contributed by atoms with Crippen molar-refractivity contribution < 1.29 is 4.74 Å². The molecule has 0 amide bonds. The van der Waals surface area contributed by atoms with E-state index in [1.807, 2.05) is 0 Å². The molecule has 90 valence electrons. The molecule has 1 saturated heterocycles. The van der Waals surface area contributed by atoms with Crippen molar-refractivity contribution in [3.8, 4) is 0 Å². The predicted octanol–water partition coefficient (Wildman–Crippen LogP) is 1.47. The van der Waals surface area contributed by atoms with E-state index in [2.05, 4.69) is 32.6 Å². The van der Waals surface area contributed by atoms with Crippen molar-refractivity contribution in [2.45, 2.75) is 46.2 Å². The van der Waals surface area contributed by atoms with Crippen LogP contribution in [-0.4, -0.2) is 43.3 Å². The fraction of sp³-hybridized carbons (Fsp3) is 1.00. The Balaban J connectivity index is 2.56. The molecule has 1 fully saturated rings. The third-order valence-electron chi connectivity index (χ3n) is 3.01. The molecule has 0 saturated carbocycles. The van der Waals surface area contributed by atoms with Gasteiger partial charge in [-0.15, -0.1) is 0 Å². The maximum Gasteiger partial charge on any atom is 0.0619 e. The standard InChI is InChI=1S/C12H26N2O/c1-10-9-15-6-5-14(10)11(8-13)7-12(2,3)4/h10-11H,5-9,13H2,1-4H3. The predicted molar refractivity (Wildman–Crippen MR) is 63.9 cm³/mol. The lowest BCUT2D eigenvalue weighted by molar-refractivity contribution is -0.0275. The van der Waals surface area contributed by atoms with E-state index >= 15 is 0 Å². The summed E-state index contributed by atoms with van der Waals surface area (Å²) in [6.07, 6.45) is 1.16. The largest absolute Gasteiger partial charge is 0.379 e. The van der Waals surface area contributed by atoms with Gasteiger partial charge >= 0.3 is 0 Å². The van der Waals surface area contributed by atoms with Crippen LogP contribution >= 0.6 is 0 Å². The zero-order valence-electron chi connectivity index (χ0n) is 10.6. The van der Waals surface area contributed by atoms with E-state index in [4.69, 9.17) is 10.5 Å². The Labute approximate surface area is 94.0 Å². The highest BCUT2D eigenvalue weighted by atomic mass is 16.5. The fourth-order valence-electron chi connectivity index (χ4n) is 2.33. The molecule has 1 aliphatic rings. The van der Waals surface area contributed by atoms with E-state index in [-0.39, 0.29) is 0 Å². The lowest BCUT2D eigenvalue weighted by atomic mass is 9.87. The first-order chi connectivity index (χ1) is 6.94. The van der Waals surface area contributed by atoms with Gasteiger partial charge in [-0.05, 0) is 18.8 Å². The summed E-state index contributed by atoms with van der Waals surface area (Å²) in [4.78, 5) is 2.51. The summed E-state index contributed by atoms with van der Waals surface area (Å²) in [5.41, 5.74) is 6.24. The van der Waals surface area contributed by atoms with Crippen LogP contribution in [0.1, 0.15) is 34.1 Å². The summed E-state index contributed by atoms with van der Waals surface area (Å²) in [6.45, 7) is 12.5. The molecule has 2 N–H and O–H groups in total. The maximum atomic E-state index is 5.89. The van der Waals surface area contributed by atoms with Crippen molar-refractivity contribution >= 4 is 0 Å². The number of rotatable bonds is 3. The topological polar surface area (TPSA) is 38.5 Å². The summed E-state index contributed by atoms with van der Waals surface area (Å²) < 4.78 is 5.45. The Morgan fingerprint density at radius 2 is 2.13 bits per heavy atom. The maximum absolute atomic E-state index is 5.89. The van der Waals surface area contributed by atoms with E-state index in [1.54, 1.807) is 0 Å². The zero-order valence-corrected chi connectivity index (χ0v) is 10.6. The Kier molecular flexibility index (Phi) is 4.56. The second-order valence-electron chi connectivity index (χ2n) is 5.82. The normalized spacial score (nSPS) is 26.6. The van der Waals surface area contributed by atoms with Crippen molar-refractivity contribution in [1.29, 1.82) is 0 Å². The van der Waals surface area contributed by atoms with E-state index in [0.29, 0.717) is 17.5 Å². The summed E-state index contributed by atoms with van der Waals surface area (Å²) in [5, 5.41) is 0. The summed E-state index contributed by atoms with van der Waals surface area (Å²) in [7, 11) is 0. The van der Waals surface area contributed by atoms with Crippen LogP contribution < -0.4 is 5.73 Å². The molecule has 1 heterocycles. The van der Waals surface area contributed by atoms with Crippen LogP contribution in [0.25, 0.3) is 0 Å². The first-order valence-electron chi connectivity index (χ1n) is 5.97. The second kappa shape index (κ2) is 5.28. The number of hydrogen-bond donors (Lipinski definition) is 1. The van der Waals surface area contributed by atoms with Crippen molar-refractivity contribution in [1.82, 2.24) is 4.90 Å². The highest BCUT2D eigenvalue weighted by Crippen LogP contribution is 2.25. The van der Waals surface area contributed by atoms with Crippen molar-refractivity contribution in [2.75, 3.05) is 26.3 Å². The second-order valence-corrected chi connectivity index (χ2v) is 5.82. The number of morpholine rings is 1. The highest BCUT2D eigenvalue weighted by Gasteiger charge is 2.28. The van der Waals surface area contributed by atoms with Crippen LogP contribution in [0.2, 0.25) is 0 Å². The van der Waals surface area contributed by atoms with Crippen LogP contribution in [0, 0.1) is 5.41 Å². The minimum Gasteiger partial charge on any atom is -0.379 e. The van der Waals surface area contributed by atoms with Gasteiger partial charge < -0.3 is 10.5 Å². The van der Waals surface area contributed by atoms with Crippen molar-refractivity contribution in [2.24, 2.45) is 11.1 Å². The van der Waals surface area contributed by atoms with Crippen LogP contribution in [-0.2, 0) is 4.74 Å². The molecule has 3 nitrogen and oxygen atoms in total. The van der Waals surface area contributed by atoms with Gasteiger partial charge in [0.2, 0.25) is 0 Å². The van der Waals surface area contributed by atoms with Crippen LogP contribution in [0.15, 0.2) is 0 Å².